The van der Waals surface area contributed by atoms with Gasteiger partial charge in [-0.1, -0.05) is 36.4 Å². The van der Waals surface area contributed by atoms with E-state index in [0.717, 1.165) is 61.5 Å². The predicted molar refractivity (Wildman–Crippen MR) is 107 cm³/mol. The highest BCUT2D eigenvalue weighted by Gasteiger charge is 2.09. The van der Waals surface area contributed by atoms with Gasteiger partial charge in [-0.25, -0.2) is 0 Å². The van der Waals surface area contributed by atoms with Gasteiger partial charge in [0.25, 0.3) is 0 Å². The van der Waals surface area contributed by atoms with Gasteiger partial charge in [0.05, 0.1) is 13.2 Å². The van der Waals surface area contributed by atoms with Gasteiger partial charge in [-0.05, 0) is 11.5 Å². The predicted octanol–water partition coefficient (Wildman–Crippen LogP) is 3.37. The van der Waals surface area contributed by atoms with Crippen LogP contribution in [-0.4, -0.2) is 54.5 Å². The van der Waals surface area contributed by atoms with Crippen molar-refractivity contribution in [3.63, 3.8) is 0 Å². The second-order valence-electron chi connectivity index (χ2n) is 5.83. The number of rotatable bonds is 4. The molecule has 2 aromatic carbocycles. The third kappa shape index (κ3) is 4.50. The van der Waals surface area contributed by atoms with Crippen molar-refractivity contribution in [3.05, 3.63) is 42.5 Å². The van der Waals surface area contributed by atoms with Crippen LogP contribution in [0.5, 0.6) is 0 Å². The molecule has 0 aliphatic carbocycles. The van der Waals surface area contributed by atoms with Crippen molar-refractivity contribution in [1.29, 1.82) is 0 Å². The van der Waals surface area contributed by atoms with E-state index in [9.17, 15) is 0 Å². The molecule has 5 nitrogen and oxygen atoms in total. The van der Waals surface area contributed by atoms with Crippen LogP contribution in [0.3, 0.4) is 0 Å². The summed E-state index contributed by atoms with van der Waals surface area (Å²) in [4.78, 5) is 2.40. The van der Waals surface area contributed by atoms with E-state index in [1.165, 1.54) is 5.39 Å². The number of halogens is 2. The number of nitrogens with one attached hydrogen (secondary N) is 1. The van der Waals surface area contributed by atoms with E-state index in [2.05, 4.69) is 50.7 Å². The maximum Gasteiger partial charge on any atom is 0.149 e. The van der Waals surface area contributed by atoms with Crippen LogP contribution in [0, 0.1) is 0 Å². The normalized spacial score (nSPS) is 14.7. The van der Waals surface area contributed by atoms with Crippen LogP contribution < -0.4 is 5.32 Å². The van der Waals surface area contributed by atoms with Crippen LogP contribution in [-0.2, 0) is 4.74 Å². The molecule has 1 fully saturated rings. The fraction of sp³-hybridized carbons (Fsp3) is 0.333. The summed E-state index contributed by atoms with van der Waals surface area (Å²) in [7, 11) is 0. The molecular weight excluding hydrogens is 359 g/mol. The maximum atomic E-state index is 5.36. The second kappa shape index (κ2) is 9.15. The zero-order valence-corrected chi connectivity index (χ0v) is 15.5. The Morgan fingerprint density at radius 3 is 2.56 bits per heavy atom. The number of nitrogens with zero attached hydrogens (tertiary/aromatic N) is 3. The smallest absolute Gasteiger partial charge is 0.149 e. The molecular formula is C18H22Cl2N4O. The highest BCUT2D eigenvalue weighted by molar-refractivity contribution is 6.05. The molecule has 0 unspecified atom stereocenters. The van der Waals surface area contributed by atoms with Crippen LogP contribution in [0.2, 0.25) is 0 Å². The Bertz CT molecular complexity index is 824. The van der Waals surface area contributed by atoms with E-state index in [-0.39, 0.29) is 24.8 Å². The Hall–Kier alpha value is -1.66. The van der Waals surface area contributed by atoms with E-state index in [1.54, 1.807) is 0 Å². The van der Waals surface area contributed by atoms with Crippen molar-refractivity contribution < 1.29 is 4.74 Å². The summed E-state index contributed by atoms with van der Waals surface area (Å²) in [6.07, 6.45) is 0. The van der Waals surface area contributed by atoms with Gasteiger partial charge in [0.15, 0.2) is 0 Å². The summed E-state index contributed by atoms with van der Waals surface area (Å²) in [5.74, 6) is 0.834. The van der Waals surface area contributed by atoms with E-state index in [1.807, 2.05) is 12.1 Å². The Morgan fingerprint density at radius 1 is 0.960 bits per heavy atom. The van der Waals surface area contributed by atoms with Crippen molar-refractivity contribution in [1.82, 2.24) is 15.1 Å². The highest BCUT2D eigenvalue weighted by atomic mass is 35.5. The summed E-state index contributed by atoms with van der Waals surface area (Å²) in [6, 6.07) is 14.6. The summed E-state index contributed by atoms with van der Waals surface area (Å²) in [5.41, 5.74) is 0.960. The fourth-order valence-corrected chi connectivity index (χ4v) is 3.03. The van der Waals surface area contributed by atoms with Crippen molar-refractivity contribution >= 4 is 52.3 Å². The Balaban J connectivity index is 0.00000113. The van der Waals surface area contributed by atoms with Gasteiger partial charge < -0.3 is 10.1 Å². The molecule has 1 N–H and O–H groups in total. The molecule has 0 amide bonds. The molecule has 4 rings (SSSR count). The summed E-state index contributed by atoms with van der Waals surface area (Å²) < 4.78 is 5.36. The lowest BCUT2D eigenvalue weighted by molar-refractivity contribution is 0.0398. The highest BCUT2D eigenvalue weighted by Crippen LogP contribution is 2.24. The molecule has 1 aliphatic heterocycles. The summed E-state index contributed by atoms with van der Waals surface area (Å²) >= 11 is 0. The lowest BCUT2D eigenvalue weighted by Crippen LogP contribution is -2.39. The molecule has 2 heterocycles. The first-order chi connectivity index (χ1) is 11.4. The van der Waals surface area contributed by atoms with Gasteiger partial charge in [0, 0.05) is 37.0 Å². The molecule has 7 heteroatoms. The number of fused-ring (bicyclic) bond motifs is 3. The van der Waals surface area contributed by atoms with Crippen LogP contribution in [0.25, 0.3) is 21.7 Å². The molecule has 0 atom stereocenters. The average molecular weight is 381 g/mol. The molecule has 1 aliphatic rings. The molecule has 25 heavy (non-hydrogen) atoms. The van der Waals surface area contributed by atoms with Crippen molar-refractivity contribution in [3.8, 4) is 0 Å². The zero-order valence-electron chi connectivity index (χ0n) is 13.9. The molecule has 134 valence electrons. The molecule has 0 bridgehead atoms. The van der Waals surface area contributed by atoms with E-state index in [4.69, 9.17) is 4.74 Å². The Kier molecular flexibility index (Phi) is 7.20. The Labute approximate surface area is 159 Å². The first-order valence-electron chi connectivity index (χ1n) is 8.09. The first kappa shape index (κ1) is 19.7. The van der Waals surface area contributed by atoms with Crippen LogP contribution in [0.1, 0.15) is 0 Å². The number of hydrogen-bond acceptors (Lipinski definition) is 5. The SMILES string of the molecule is Cl.Cl.c1ccc2c(c1)ccc1cc(NCCN3CCOCC3)nnc12. The molecule has 1 saturated heterocycles. The topological polar surface area (TPSA) is 50.3 Å². The lowest BCUT2D eigenvalue weighted by Gasteiger charge is -2.26. The largest absolute Gasteiger partial charge is 0.379 e. The van der Waals surface area contributed by atoms with Crippen LogP contribution in [0.4, 0.5) is 5.82 Å². The van der Waals surface area contributed by atoms with Crippen molar-refractivity contribution in [2.24, 2.45) is 0 Å². The van der Waals surface area contributed by atoms with Gasteiger partial charge in [-0.15, -0.1) is 35.0 Å². The van der Waals surface area contributed by atoms with E-state index >= 15 is 0 Å². The van der Waals surface area contributed by atoms with Gasteiger partial charge in [0.1, 0.15) is 11.3 Å². The lowest BCUT2D eigenvalue weighted by atomic mass is 10.1. The van der Waals surface area contributed by atoms with Gasteiger partial charge in [-0.2, -0.15) is 0 Å². The first-order valence-corrected chi connectivity index (χ1v) is 8.09. The zero-order chi connectivity index (χ0) is 15.5. The minimum Gasteiger partial charge on any atom is -0.379 e. The molecule has 0 spiro atoms. The number of morpholine rings is 1. The van der Waals surface area contributed by atoms with Gasteiger partial charge >= 0.3 is 0 Å². The van der Waals surface area contributed by atoms with Gasteiger partial charge in [-0.3, -0.25) is 4.90 Å². The number of anilines is 1. The van der Waals surface area contributed by atoms with Crippen LogP contribution >= 0.6 is 24.8 Å². The third-order valence-corrected chi connectivity index (χ3v) is 4.32. The molecule has 1 aromatic heterocycles. The van der Waals surface area contributed by atoms with Gasteiger partial charge in [0.2, 0.25) is 0 Å². The Morgan fingerprint density at radius 2 is 1.72 bits per heavy atom. The molecule has 0 saturated carbocycles. The minimum absolute atomic E-state index is 0. The maximum absolute atomic E-state index is 5.36. The summed E-state index contributed by atoms with van der Waals surface area (Å²) in [5, 5.41) is 15.6. The quantitative estimate of drug-likeness (QED) is 0.703. The number of aromatic nitrogens is 2. The second-order valence-corrected chi connectivity index (χ2v) is 5.83. The third-order valence-electron chi connectivity index (χ3n) is 4.32. The summed E-state index contributed by atoms with van der Waals surface area (Å²) in [6.45, 7) is 5.56. The van der Waals surface area contributed by atoms with Crippen LogP contribution in [0.15, 0.2) is 42.5 Å². The number of ether oxygens (including phenoxy) is 1. The number of benzene rings is 2. The van der Waals surface area contributed by atoms with E-state index in [0.29, 0.717) is 0 Å². The monoisotopic (exact) mass is 380 g/mol. The molecule has 0 radical (unpaired) electrons. The van der Waals surface area contributed by atoms with Crippen molar-refractivity contribution in [2.75, 3.05) is 44.7 Å². The standard InChI is InChI=1S/C18H20N4O.2ClH/c1-2-4-16-14(3-1)5-6-15-13-17(20-21-18(15)16)19-7-8-22-9-11-23-12-10-22;;/h1-6,13H,7-12H2,(H,19,20);2*1H. The average Bonchev–Trinajstić information content (AvgIpc) is 2.62. The minimum atomic E-state index is 0. The van der Waals surface area contributed by atoms with E-state index < -0.39 is 0 Å². The fourth-order valence-electron chi connectivity index (χ4n) is 3.03. The van der Waals surface area contributed by atoms with Crippen molar-refractivity contribution in [2.45, 2.75) is 0 Å². The molecule has 3 aromatic rings. The number of hydrogen-bond donors (Lipinski definition) is 1.